The molecule has 1 saturated heterocycles. The molecule has 174 valence electrons. The van der Waals surface area contributed by atoms with E-state index in [9.17, 15) is 14.4 Å². The van der Waals surface area contributed by atoms with Crippen molar-refractivity contribution in [2.24, 2.45) is 0 Å². The van der Waals surface area contributed by atoms with Crippen molar-refractivity contribution in [1.82, 2.24) is 4.90 Å². The summed E-state index contributed by atoms with van der Waals surface area (Å²) < 4.78 is 7.04. The number of carbonyl (C=O) groups excluding carboxylic acids is 3. The highest BCUT2D eigenvalue weighted by Crippen LogP contribution is 2.37. The van der Waals surface area contributed by atoms with Gasteiger partial charge in [0.25, 0.3) is 11.1 Å². The normalized spacial score (nSPS) is 14.8. The summed E-state index contributed by atoms with van der Waals surface area (Å²) >= 11 is 3.01. The topological polar surface area (TPSA) is 75.7 Å². The molecule has 0 bridgehead atoms. The molecule has 0 radical (unpaired) electrons. The number of hydrogen-bond donors (Lipinski definition) is 1. The molecule has 1 heterocycles. The molecular weight excluding hydrogens is 563 g/mol. The van der Waals surface area contributed by atoms with E-state index >= 15 is 0 Å². The molecular formula is C26H23IN2O4S. The van der Waals surface area contributed by atoms with Gasteiger partial charge in [-0.1, -0.05) is 43.7 Å². The lowest BCUT2D eigenvalue weighted by atomic mass is 10.0. The molecule has 0 unspecified atom stereocenters. The molecule has 3 aromatic rings. The van der Waals surface area contributed by atoms with Crippen molar-refractivity contribution in [3.05, 3.63) is 74.7 Å². The van der Waals surface area contributed by atoms with Gasteiger partial charge >= 0.3 is 0 Å². The monoisotopic (exact) mass is 586 g/mol. The van der Waals surface area contributed by atoms with Crippen LogP contribution in [-0.4, -0.2) is 35.1 Å². The van der Waals surface area contributed by atoms with Crippen molar-refractivity contribution in [3.8, 4) is 5.75 Å². The number of rotatable bonds is 8. The van der Waals surface area contributed by atoms with E-state index in [1.807, 2.05) is 48.5 Å². The van der Waals surface area contributed by atoms with E-state index in [1.54, 1.807) is 18.2 Å². The summed E-state index contributed by atoms with van der Waals surface area (Å²) in [5.74, 6) is -0.255. The Morgan fingerprint density at radius 2 is 1.85 bits per heavy atom. The lowest BCUT2D eigenvalue weighted by Gasteiger charge is -2.13. The maximum absolute atomic E-state index is 13.1. The summed E-state index contributed by atoms with van der Waals surface area (Å²) in [4.78, 5) is 39.4. The van der Waals surface area contributed by atoms with Crippen LogP contribution in [0.5, 0.6) is 5.75 Å². The second-order valence-corrected chi connectivity index (χ2v) is 9.96. The first kappa shape index (κ1) is 24.3. The van der Waals surface area contributed by atoms with Crippen LogP contribution in [0.3, 0.4) is 0 Å². The van der Waals surface area contributed by atoms with Crippen LogP contribution in [0, 0.1) is 3.57 Å². The van der Waals surface area contributed by atoms with Crippen molar-refractivity contribution in [3.63, 3.8) is 0 Å². The number of amides is 3. The van der Waals surface area contributed by atoms with Gasteiger partial charge in [0.1, 0.15) is 12.3 Å². The zero-order chi connectivity index (χ0) is 24.1. The van der Waals surface area contributed by atoms with Gasteiger partial charge in [0.15, 0.2) is 0 Å². The summed E-state index contributed by atoms with van der Waals surface area (Å²) in [6.45, 7) is 2.31. The number of unbranched alkanes of at least 4 members (excludes halogenated alkanes) is 1. The number of benzene rings is 3. The van der Waals surface area contributed by atoms with Gasteiger partial charge < -0.3 is 10.1 Å². The Kier molecular flexibility index (Phi) is 7.89. The van der Waals surface area contributed by atoms with Crippen LogP contribution in [0.4, 0.5) is 10.5 Å². The molecule has 0 aromatic heterocycles. The van der Waals surface area contributed by atoms with E-state index in [2.05, 4.69) is 34.8 Å². The summed E-state index contributed by atoms with van der Waals surface area (Å²) in [5.41, 5.74) is 1.36. The molecule has 1 fully saturated rings. The predicted molar refractivity (Wildman–Crippen MR) is 145 cm³/mol. The number of fused-ring (bicyclic) bond motifs is 1. The maximum atomic E-state index is 13.1. The Hall–Kier alpha value is -2.85. The molecule has 4 rings (SSSR count). The van der Waals surface area contributed by atoms with E-state index in [-0.39, 0.29) is 11.4 Å². The fourth-order valence-electron chi connectivity index (χ4n) is 3.52. The predicted octanol–water partition coefficient (Wildman–Crippen LogP) is 6.30. The quantitative estimate of drug-likeness (QED) is 0.191. The fourth-order valence-corrected chi connectivity index (χ4v) is 4.70. The van der Waals surface area contributed by atoms with Crippen LogP contribution < -0.4 is 10.1 Å². The van der Waals surface area contributed by atoms with Crippen LogP contribution in [0.2, 0.25) is 0 Å². The molecule has 1 aliphatic heterocycles. The van der Waals surface area contributed by atoms with Crippen LogP contribution in [0.15, 0.2) is 65.6 Å². The maximum Gasteiger partial charge on any atom is 0.294 e. The van der Waals surface area contributed by atoms with Gasteiger partial charge in [-0.25, -0.2) is 0 Å². The number of ether oxygens (including phenoxy) is 1. The number of thioether (sulfide) groups is 1. The first-order valence-electron chi connectivity index (χ1n) is 10.9. The lowest BCUT2D eigenvalue weighted by Crippen LogP contribution is -2.36. The number of hydrogen-bond acceptors (Lipinski definition) is 5. The Bertz CT molecular complexity index is 1270. The average molecular weight is 586 g/mol. The lowest BCUT2D eigenvalue weighted by molar-refractivity contribution is -0.127. The fraction of sp³-hybridized carbons (Fsp3) is 0.192. The standard InChI is InChI=1S/C26H23IN2O4S/c1-2-3-14-33-22-13-8-17-6-4-5-7-20(17)21(22)15-23-25(31)29(26(32)34-23)16-24(30)28-19-11-9-18(27)10-12-19/h4-13,15H,2-3,14,16H2,1H3,(H,28,30)/b23-15-. The van der Waals surface area contributed by atoms with Gasteiger partial charge in [-0.3, -0.25) is 19.3 Å². The van der Waals surface area contributed by atoms with Gasteiger partial charge in [0, 0.05) is 14.8 Å². The molecule has 6 nitrogen and oxygen atoms in total. The first-order valence-corrected chi connectivity index (χ1v) is 12.8. The van der Waals surface area contributed by atoms with Crippen LogP contribution >= 0.6 is 34.4 Å². The van der Waals surface area contributed by atoms with Crippen molar-refractivity contribution in [1.29, 1.82) is 0 Å². The van der Waals surface area contributed by atoms with E-state index < -0.39 is 17.1 Å². The third-order valence-corrected chi connectivity index (χ3v) is 6.89. The third kappa shape index (κ3) is 5.61. The summed E-state index contributed by atoms with van der Waals surface area (Å²) in [6, 6.07) is 19.0. The summed E-state index contributed by atoms with van der Waals surface area (Å²) in [7, 11) is 0. The molecule has 0 aliphatic carbocycles. The Morgan fingerprint density at radius 1 is 1.09 bits per heavy atom. The molecule has 0 saturated carbocycles. The number of anilines is 1. The molecule has 3 aromatic carbocycles. The third-order valence-electron chi connectivity index (χ3n) is 5.26. The highest BCUT2D eigenvalue weighted by atomic mass is 127. The van der Waals surface area contributed by atoms with E-state index in [0.717, 1.165) is 49.4 Å². The largest absolute Gasteiger partial charge is 0.493 e. The van der Waals surface area contributed by atoms with Crippen LogP contribution in [0.25, 0.3) is 16.8 Å². The number of carbonyl (C=O) groups is 3. The number of halogens is 1. The Balaban J connectivity index is 1.57. The highest BCUT2D eigenvalue weighted by molar-refractivity contribution is 14.1. The summed E-state index contributed by atoms with van der Waals surface area (Å²) in [6.07, 6.45) is 3.62. The molecule has 8 heteroatoms. The van der Waals surface area contributed by atoms with Crippen molar-refractivity contribution >= 4 is 73.9 Å². The number of imide groups is 1. The summed E-state index contributed by atoms with van der Waals surface area (Å²) in [5, 5.41) is 4.19. The second-order valence-electron chi connectivity index (χ2n) is 7.72. The minimum atomic E-state index is -0.486. The van der Waals surface area contributed by atoms with Crippen molar-refractivity contribution in [2.75, 3.05) is 18.5 Å². The molecule has 0 spiro atoms. The number of nitrogens with one attached hydrogen (secondary N) is 1. The molecule has 1 aliphatic rings. The molecule has 34 heavy (non-hydrogen) atoms. The minimum Gasteiger partial charge on any atom is -0.493 e. The van der Waals surface area contributed by atoms with Gasteiger partial charge in [-0.05, 0) is 88.0 Å². The van der Waals surface area contributed by atoms with E-state index in [4.69, 9.17) is 4.74 Å². The minimum absolute atomic E-state index is 0.267. The SMILES string of the molecule is CCCCOc1ccc2ccccc2c1/C=C1\SC(=O)N(CC(=O)Nc2ccc(I)cc2)C1=O. The second kappa shape index (κ2) is 11.1. The smallest absolute Gasteiger partial charge is 0.294 e. The zero-order valence-corrected chi connectivity index (χ0v) is 21.5. The van der Waals surface area contributed by atoms with Crippen LogP contribution in [0.1, 0.15) is 25.3 Å². The molecule has 3 amide bonds. The van der Waals surface area contributed by atoms with Gasteiger partial charge in [0.05, 0.1) is 11.5 Å². The van der Waals surface area contributed by atoms with Gasteiger partial charge in [-0.2, -0.15) is 0 Å². The zero-order valence-electron chi connectivity index (χ0n) is 18.5. The van der Waals surface area contributed by atoms with Crippen molar-refractivity contribution < 1.29 is 19.1 Å². The van der Waals surface area contributed by atoms with Gasteiger partial charge in [0.2, 0.25) is 5.91 Å². The Morgan fingerprint density at radius 3 is 2.62 bits per heavy atom. The number of nitrogens with zero attached hydrogens (tertiary/aromatic N) is 1. The van der Waals surface area contributed by atoms with E-state index in [0.29, 0.717) is 18.0 Å². The van der Waals surface area contributed by atoms with Crippen LogP contribution in [-0.2, 0) is 9.59 Å². The van der Waals surface area contributed by atoms with E-state index in [1.165, 1.54) is 0 Å². The Labute approximate surface area is 215 Å². The first-order chi connectivity index (χ1) is 16.5. The molecule has 1 N–H and O–H groups in total. The average Bonchev–Trinajstić information content (AvgIpc) is 3.09. The van der Waals surface area contributed by atoms with Gasteiger partial charge in [-0.15, -0.1) is 0 Å². The highest BCUT2D eigenvalue weighted by Gasteiger charge is 2.36. The molecule has 0 atom stereocenters. The van der Waals surface area contributed by atoms with Crippen molar-refractivity contribution in [2.45, 2.75) is 19.8 Å².